The van der Waals surface area contributed by atoms with Crippen LogP contribution in [0.3, 0.4) is 0 Å². The highest BCUT2D eigenvalue weighted by molar-refractivity contribution is 5.21. The fourth-order valence-corrected chi connectivity index (χ4v) is 3.25. The van der Waals surface area contributed by atoms with Crippen molar-refractivity contribution >= 4 is 0 Å². The summed E-state index contributed by atoms with van der Waals surface area (Å²) in [5.74, 6) is 0. The minimum atomic E-state index is 1.26. The smallest absolute Gasteiger partial charge is 0.00400 e. The van der Waals surface area contributed by atoms with E-state index in [4.69, 9.17) is 0 Å². The number of aryl methyl sites for hydroxylation is 2. The third-order valence-electron chi connectivity index (χ3n) is 4.86. The molecule has 0 atom stereocenters. The molecule has 1 rings (SSSR count). The van der Waals surface area contributed by atoms with Crippen LogP contribution in [0, 0.1) is 6.92 Å². The number of unbranched alkanes of at least 4 members (excludes halogenated alkanes) is 13. The highest BCUT2D eigenvalue weighted by Crippen LogP contribution is 2.14. The van der Waals surface area contributed by atoms with Gasteiger partial charge in [0, 0.05) is 12.4 Å². The lowest BCUT2D eigenvalue weighted by Crippen LogP contribution is -1.87. The standard InChI is InChI=1S/C21H39N/c1-3-4-5-6-7-8-9-10-11-12-13-14-15-16-17-21-19-22-18-20(21)2/h18-19,22H,3-17H2,1-2H3. The van der Waals surface area contributed by atoms with Gasteiger partial charge in [0.15, 0.2) is 0 Å². The van der Waals surface area contributed by atoms with Gasteiger partial charge >= 0.3 is 0 Å². The maximum absolute atomic E-state index is 3.20. The summed E-state index contributed by atoms with van der Waals surface area (Å²) in [6.07, 6.45) is 25.7. The molecule has 0 spiro atoms. The second-order valence-corrected chi connectivity index (χ2v) is 7.01. The Morgan fingerprint density at radius 1 is 0.636 bits per heavy atom. The quantitative estimate of drug-likeness (QED) is 0.326. The number of aromatic amines is 1. The monoisotopic (exact) mass is 305 g/mol. The average molecular weight is 306 g/mol. The van der Waals surface area contributed by atoms with Crippen LogP contribution in [0.1, 0.15) is 108 Å². The van der Waals surface area contributed by atoms with Gasteiger partial charge in [-0.25, -0.2) is 0 Å². The normalized spacial score (nSPS) is 11.2. The van der Waals surface area contributed by atoms with Gasteiger partial charge in [0.25, 0.3) is 0 Å². The van der Waals surface area contributed by atoms with Crippen molar-refractivity contribution < 1.29 is 0 Å². The molecule has 1 heteroatoms. The van der Waals surface area contributed by atoms with Crippen molar-refractivity contribution in [2.45, 2.75) is 110 Å². The summed E-state index contributed by atoms with van der Waals surface area (Å²) in [5, 5.41) is 0. The van der Waals surface area contributed by atoms with E-state index in [0.29, 0.717) is 0 Å². The minimum absolute atomic E-state index is 1.26. The Kier molecular flexibility index (Phi) is 12.2. The summed E-state index contributed by atoms with van der Waals surface area (Å²) in [7, 11) is 0. The zero-order valence-electron chi connectivity index (χ0n) is 15.3. The molecule has 1 heterocycles. The first kappa shape index (κ1) is 19.3. The fourth-order valence-electron chi connectivity index (χ4n) is 3.25. The van der Waals surface area contributed by atoms with Crippen molar-refractivity contribution in [2.75, 3.05) is 0 Å². The Bertz CT molecular complexity index is 339. The van der Waals surface area contributed by atoms with Gasteiger partial charge in [0.1, 0.15) is 0 Å². The number of hydrogen-bond donors (Lipinski definition) is 1. The van der Waals surface area contributed by atoms with E-state index in [1.165, 1.54) is 107 Å². The van der Waals surface area contributed by atoms with Gasteiger partial charge in [-0.05, 0) is 30.9 Å². The maximum Gasteiger partial charge on any atom is 0.00400 e. The molecule has 0 aromatic carbocycles. The molecule has 0 aliphatic heterocycles. The van der Waals surface area contributed by atoms with E-state index in [1.807, 2.05) is 0 Å². The van der Waals surface area contributed by atoms with Crippen LogP contribution in [0.2, 0.25) is 0 Å². The molecule has 0 unspecified atom stereocenters. The molecule has 1 nitrogen and oxygen atoms in total. The van der Waals surface area contributed by atoms with Crippen molar-refractivity contribution in [3.8, 4) is 0 Å². The summed E-state index contributed by atoms with van der Waals surface area (Å²) in [6, 6.07) is 0. The zero-order valence-corrected chi connectivity index (χ0v) is 15.3. The third kappa shape index (κ3) is 10.1. The Morgan fingerprint density at radius 2 is 1.09 bits per heavy atom. The van der Waals surface area contributed by atoms with Gasteiger partial charge in [-0.2, -0.15) is 0 Å². The predicted molar refractivity (Wildman–Crippen MR) is 99.5 cm³/mol. The Morgan fingerprint density at radius 3 is 1.50 bits per heavy atom. The van der Waals surface area contributed by atoms with Crippen LogP contribution in [0.5, 0.6) is 0 Å². The van der Waals surface area contributed by atoms with Crippen molar-refractivity contribution in [3.05, 3.63) is 23.5 Å². The van der Waals surface area contributed by atoms with Crippen LogP contribution in [0.25, 0.3) is 0 Å². The summed E-state index contributed by atoms with van der Waals surface area (Å²) in [4.78, 5) is 3.20. The predicted octanol–water partition coefficient (Wildman–Crippen LogP) is 7.35. The lowest BCUT2D eigenvalue weighted by molar-refractivity contribution is 0.535. The summed E-state index contributed by atoms with van der Waals surface area (Å²) in [6.45, 7) is 4.50. The number of aromatic nitrogens is 1. The second-order valence-electron chi connectivity index (χ2n) is 7.01. The van der Waals surface area contributed by atoms with Gasteiger partial charge in [-0.1, -0.05) is 90.4 Å². The molecule has 0 fully saturated rings. The van der Waals surface area contributed by atoms with Crippen LogP contribution < -0.4 is 0 Å². The third-order valence-corrected chi connectivity index (χ3v) is 4.86. The molecule has 0 radical (unpaired) electrons. The first-order valence-corrected chi connectivity index (χ1v) is 9.97. The molecule has 128 valence electrons. The fraction of sp³-hybridized carbons (Fsp3) is 0.810. The Balaban J connectivity index is 1.74. The number of nitrogens with one attached hydrogen (secondary N) is 1. The molecule has 1 N–H and O–H groups in total. The first-order valence-electron chi connectivity index (χ1n) is 9.97. The van der Waals surface area contributed by atoms with Gasteiger partial charge < -0.3 is 4.98 Å². The van der Waals surface area contributed by atoms with E-state index in [-0.39, 0.29) is 0 Å². The van der Waals surface area contributed by atoms with E-state index in [1.54, 1.807) is 0 Å². The van der Waals surface area contributed by atoms with E-state index in [2.05, 4.69) is 31.2 Å². The van der Waals surface area contributed by atoms with Crippen LogP contribution in [0.4, 0.5) is 0 Å². The lowest BCUT2D eigenvalue weighted by Gasteiger charge is -2.03. The summed E-state index contributed by atoms with van der Waals surface area (Å²) in [5.41, 5.74) is 2.94. The van der Waals surface area contributed by atoms with Crippen molar-refractivity contribution in [2.24, 2.45) is 0 Å². The lowest BCUT2D eigenvalue weighted by atomic mass is 10.0. The second kappa shape index (κ2) is 13.9. The molecule has 0 saturated heterocycles. The number of H-pyrrole nitrogens is 1. The highest BCUT2D eigenvalue weighted by atomic mass is 14.6. The number of hydrogen-bond acceptors (Lipinski definition) is 0. The van der Waals surface area contributed by atoms with E-state index in [0.717, 1.165) is 0 Å². The van der Waals surface area contributed by atoms with Crippen LogP contribution in [0.15, 0.2) is 12.4 Å². The Hall–Kier alpha value is -0.720. The van der Waals surface area contributed by atoms with Crippen molar-refractivity contribution in [1.29, 1.82) is 0 Å². The molecule has 22 heavy (non-hydrogen) atoms. The van der Waals surface area contributed by atoms with Crippen molar-refractivity contribution in [1.82, 2.24) is 4.98 Å². The van der Waals surface area contributed by atoms with Gasteiger partial charge in [0.05, 0.1) is 0 Å². The molecule has 1 aromatic heterocycles. The van der Waals surface area contributed by atoms with Gasteiger partial charge in [-0.15, -0.1) is 0 Å². The van der Waals surface area contributed by atoms with E-state index >= 15 is 0 Å². The van der Waals surface area contributed by atoms with E-state index < -0.39 is 0 Å². The van der Waals surface area contributed by atoms with Gasteiger partial charge in [0.2, 0.25) is 0 Å². The zero-order chi connectivity index (χ0) is 15.9. The first-order chi connectivity index (χ1) is 10.8. The molecular formula is C21H39N. The molecular weight excluding hydrogens is 266 g/mol. The van der Waals surface area contributed by atoms with Crippen LogP contribution in [-0.2, 0) is 6.42 Å². The molecule has 0 aliphatic rings. The Labute approximate surface area is 139 Å². The largest absolute Gasteiger partial charge is 0.367 e. The number of rotatable bonds is 15. The van der Waals surface area contributed by atoms with Gasteiger partial charge in [-0.3, -0.25) is 0 Å². The topological polar surface area (TPSA) is 15.8 Å². The van der Waals surface area contributed by atoms with Crippen molar-refractivity contribution in [3.63, 3.8) is 0 Å². The molecule has 1 aromatic rings. The summed E-state index contributed by atoms with van der Waals surface area (Å²) < 4.78 is 0. The molecule has 0 amide bonds. The molecule has 0 aliphatic carbocycles. The molecule has 0 saturated carbocycles. The van der Waals surface area contributed by atoms with Crippen LogP contribution in [-0.4, -0.2) is 4.98 Å². The highest BCUT2D eigenvalue weighted by Gasteiger charge is 1.98. The minimum Gasteiger partial charge on any atom is -0.367 e. The molecule has 0 bridgehead atoms. The average Bonchev–Trinajstić information content (AvgIpc) is 2.93. The maximum atomic E-state index is 3.20. The SMILES string of the molecule is CCCCCCCCCCCCCCCCc1c[nH]cc1C. The van der Waals surface area contributed by atoms with Crippen LogP contribution >= 0.6 is 0 Å². The summed E-state index contributed by atoms with van der Waals surface area (Å²) >= 11 is 0. The van der Waals surface area contributed by atoms with E-state index in [9.17, 15) is 0 Å².